The molecule has 0 unspecified atom stereocenters. The molecule has 1 saturated carbocycles. The third kappa shape index (κ3) is 2.28. The van der Waals surface area contributed by atoms with Gasteiger partial charge in [0.05, 0.1) is 6.20 Å². The fraction of sp³-hybridized carbons (Fsp3) is 0.333. The van der Waals surface area contributed by atoms with Gasteiger partial charge < -0.3 is 10.6 Å². The molecular weight excluding hydrogens is 251 g/mol. The van der Waals surface area contributed by atoms with Gasteiger partial charge in [-0.15, -0.1) is 0 Å². The number of thiophene rings is 1. The first-order valence-corrected chi connectivity index (χ1v) is 6.74. The average molecular weight is 264 g/mol. The maximum absolute atomic E-state index is 13.8. The molecule has 0 aromatic carbocycles. The van der Waals surface area contributed by atoms with E-state index in [1.54, 1.807) is 11.3 Å². The smallest absolute Gasteiger partial charge is 0.222 e. The molecule has 0 amide bonds. The van der Waals surface area contributed by atoms with Crippen molar-refractivity contribution < 1.29 is 4.39 Å². The van der Waals surface area contributed by atoms with Crippen LogP contribution in [0.5, 0.6) is 0 Å². The van der Waals surface area contributed by atoms with Gasteiger partial charge in [-0.25, -0.2) is 9.37 Å². The monoisotopic (exact) mass is 264 g/mol. The summed E-state index contributed by atoms with van der Waals surface area (Å²) in [4.78, 5) is 9.68. The van der Waals surface area contributed by atoms with Gasteiger partial charge in [0.2, 0.25) is 5.95 Å². The lowest BCUT2D eigenvalue weighted by molar-refractivity contribution is 0.599. The van der Waals surface area contributed by atoms with Gasteiger partial charge in [0, 0.05) is 12.6 Å². The Morgan fingerprint density at radius 3 is 3.00 bits per heavy atom. The molecule has 1 fully saturated rings. The number of aromatic nitrogens is 2. The van der Waals surface area contributed by atoms with Crippen molar-refractivity contribution in [3.63, 3.8) is 0 Å². The number of nitrogens with two attached hydrogens (primary N) is 1. The van der Waals surface area contributed by atoms with Crippen molar-refractivity contribution in [2.45, 2.75) is 25.4 Å². The van der Waals surface area contributed by atoms with Gasteiger partial charge in [-0.05, 0) is 35.2 Å². The molecule has 0 spiro atoms. The summed E-state index contributed by atoms with van der Waals surface area (Å²) in [5.41, 5.74) is 6.72. The minimum absolute atomic E-state index is 0.113. The largest absolute Gasteiger partial charge is 0.368 e. The first-order valence-electron chi connectivity index (χ1n) is 5.80. The Labute approximate surface area is 108 Å². The molecule has 3 rings (SSSR count). The first kappa shape index (κ1) is 11.4. The van der Waals surface area contributed by atoms with Gasteiger partial charge in [-0.3, -0.25) is 0 Å². The predicted octanol–water partition coefficient (Wildman–Crippen LogP) is 2.43. The molecule has 2 heterocycles. The Balaban J connectivity index is 1.91. The molecule has 2 N–H and O–H groups in total. The highest BCUT2D eigenvalue weighted by Crippen LogP contribution is 2.33. The second-order valence-electron chi connectivity index (χ2n) is 4.39. The molecule has 2 aromatic heterocycles. The van der Waals surface area contributed by atoms with Crippen LogP contribution in [0, 0.1) is 5.82 Å². The van der Waals surface area contributed by atoms with Crippen LogP contribution in [0.4, 0.5) is 16.2 Å². The zero-order valence-corrected chi connectivity index (χ0v) is 10.5. The lowest BCUT2D eigenvalue weighted by Gasteiger charge is -2.23. The molecule has 0 radical (unpaired) electrons. The van der Waals surface area contributed by atoms with Gasteiger partial charge in [0.1, 0.15) is 0 Å². The first-order chi connectivity index (χ1) is 8.74. The molecule has 94 valence electrons. The minimum Gasteiger partial charge on any atom is -0.368 e. The minimum atomic E-state index is -0.411. The summed E-state index contributed by atoms with van der Waals surface area (Å²) in [7, 11) is 0. The molecule has 0 atom stereocenters. The SMILES string of the molecule is Nc1ncc(F)c(N(Cc2ccsc2)C2CC2)n1. The molecule has 1 aliphatic rings. The quantitative estimate of drug-likeness (QED) is 0.921. The highest BCUT2D eigenvalue weighted by molar-refractivity contribution is 7.07. The number of nitrogens with zero attached hydrogens (tertiary/aromatic N) is 3. The Hall–Kier alpha value is -1.69. The summed E-state index contributed by atoms with van der Waals surface area (Å²) >= 11 is 1.64. The number of anilines is 2. The van der Waals surface area contributed by atoms with Crippen molar-refractivity contribution in [2.75, 3.05) is 10.6 Å². The highest BCUT2D eigenvalue weighted by atomic mass is 32.1. The third-order valence-corrected chi connectivity index (χ3v) is 3.67. The maximum Gasteiger partial charge on any atom is 0.222 e. The normalized spacial score (nSPS) is 14.7. The highest BCUT2D eigenvalue weighted by Gasteiger charge is 2.32. The molecule has 0 bridgehead atoms. The number of rotatable bonds is 4. The van der Waals surface area contributed by atoms with Crippen molar-refractivity contribution >= 4 is 23.1 Å². The molecule has 18 heavy (non-hydrogen) atoms. The summed E-state index contributed by atoms with van der Waals surface area (Å²) in [6.07, 6.45) is 3.29. The van der Waals surface area contributed by atoms with Crippen LogP contribution in [0.15, 0.2) is 23.0 Å². The van der Waals surface area contributed by atoms with Crippen molar-refractivity contribution in [3.05, 3.63) is 34.4 Å². The summed E-state index contributed by atoms with van der Waals surface area (Å²) in [5, 5.41) is 4.09. The Bertz CT molecular complexity index is 539. The van der Waals surface area contributed by atoms with E-state index in [2.05, 4.69) is 15.3 Å². The number of hydrogen-bond acceptors (Lipinski definition) is 5. The van der Waals surface area contributed by atoms with E-state index in [0.29, 0.717) is 18.4 Å². The van der Waals surface area contributed by atoms with Crippen LogP contribution in [-0.4, -0.2) is 16.0 Å². The summed E-state index contributed by atoms with van der Waals surface area (Å²) in [6, 6.07) is 2.41. The lowest BCUT2D eigenvalue weighted by Crippen LogP contribution is -2.27. The number of halogens is 1. The van der Waals surface area contributed by atoms with E-state index in [4.69, 9.17) is 5.73 Å². The average Bonchev–Trinajstić information content (AvgIpc) is 3.07. The van der Waals surface area contributed by atoms with E-state index in [1.165, 1.54) is 5.56 Å². The van der Waals surface area contributed by atoms with Crippen molar-refractivity contribution in [3.8, 4) is 0 Å². The van der Waals surface area contributed by atoms with Crippen molar-refractivity contribution in [2.24, 2.45) is 0 Å². The van der Waals surface area contributed by atoms with E-state index in [1.807, 2.05) is 16.3 Å². The topological polar surface area (TPSA) is 55.0 Å². The van der Waals surface area contributed by atoms with Crippen LogP contribution in [0.25, 0.3) is 0 Å². The second-order valence-corrected chi connectivity index (χ2v) is 5.17. The Morgan fingerprint density at radius 1 is 1.50 bits per heavy atom. The van der Waals surface area contributed by atoms with Crippen molar-refractivity contribution in [1.29, 1.82) is 0 Å². The molecule has 4 nitrogen and oxygen atoms in total. The lowest BCUT2D eigenvalue weighted by atomic mass is 10.3. The van der Waals surface area contributed by atoms with Crippen LogP contribution in [0.2, 0.25) is 0 Å². The molecule has 1 aliphatic carbocycles. The number of hydrogen-bond donors (Lipinski definition) is 1. The molecule has 2 aromatic rings. The van der Waals surface area contributed by atoms with Gasteiger partial charge >= 0.3 is 0 Å². The van der Waals surface area contributed by atoms with E-state index in [9.17, 15) is 4.39 Å². The molecule has 0 saturated heterocycles. The zero-order valence-electron chi connectivity index (χ0n) is 9.71. The molecule has 0 aliphatic heterocycles. The maximum atomic E-state index is 13.8. The van der Waals surface area contributed by atoms with Crippen LogP contribution in [0.3, 0.4) is 0 Å². The summed E-state index contributed by atoms with van der Waals surface area (Å²) < 4.78 is 13.8. The number of nitrogen functional groups attached to an aromatic ring is 1. The Morgan fingerprint density at radius 2 is 2.33 bits per heavy atom. The van der Waals surface area contributed by atoms with E-state index in [0.717, 1.165) is 19.0 Å². The molecular formula is C12H13FN4S. The molecule has 6 heteroatoms. The van der Waals surface area contributed by atoms with Crippen LogP contribution in [-0.2, 0) is 6.54 Å². The van der Waals surface area contributed by atoms with Crippen LogP contribution >= 0.6 is 11.3 Å². The second kappa shape index (κ2) is 4.53. The van der Waals surface area contributed by atoms with Gasteiger partial charge in [0.15, 0.2) is 11.6 Å². The van der Waals surface area contributed by atoms with E-state index < -0.39 is 5.82 Å². The predicted molar refractivity (Wildman–Crippen MR) is 69.9 cm³/mol. The standard InChI is InChI=1S/C12H13FN4S/c13-10-5-15-12(14)16-11(10)17(9-1-2-9)6-8-3-4-18-7-8/h3-5,7,9H,1-2,6H2,(H2,14,15,16). The van der Waals surface area contributed by atoms with E-state index in [-0.39, 0.29) is 5.95 Å². The van der Waals surface area contributed by atoms with Crippen LogP contribution in [0.1, 0.15) is 18.4 Å². The van der Waals surface area contributed by atoms with Gasteiger partial charge in [-0.1, -0.05) is 0 Å². The van der Waals surface area contributed by atoms with E-state index >= 15 is 0 Å². The summed E-state index contributed by atoms with van der Waals surface area (Å²) in [6.45, 7) is 0.668. The van der Waals surface area contributed by atoms with Crippen LogP contribution < -0.4 is 10.6 Å². The van der Waals surface area contributed by atoms with Gasteiger partial charge in [-0.2, -0.15) is 16.3 Å². The third-order valence-electron chi connectivity index (χ3n) is 2.94. The fourth-order valence-corrected chi connectivity index (χ4v) is 2.57. The fourth-order valence-electron chi connectivity index (χ4n) is 1.92. The Kier molecular flexibility index (Phi) is 2.87. The zero-order chi connectivity index (χ0) is 12.5. The van der Waals surface area contributed by atoms with Crippen molar-refractivity contribution in [1.82, 2.24) is 9.97 Å². The summed E-state index contributed by atoms with van der Waals surface area (Å²) in [5.74, 6) is 0.0184. The van der Waals surface area contributed by atoms with Gasteiger partial charge in [0.25, 0.3) is 0 Å².